The van der Waals surface area contributed by atoms with Gasteiger partial charge in [-0.1, -0.05) is 19.3 Å². The van der Waals surface area contributed by atoms with E-state index in [-0.39, 0.29) is 17.9 Å². The second-order valence-corrected chi connectivity index (χ2v) is 7.69. The van der Waals surface area contributed by atoms with Crippen LogP contribution in [-0.4, -0.2) is 34.3 Å². The second kappa shape index (κ2) is 4.72. The molecule has 1 saturated heterocycles. The maximum Gasteiger partial charge on any atom is 0.249 e. The lowest BCUT2D eigenvalue weighted by atomic mass is 9.77. The van der Waals surface area contributed by atoms with Crippen LogP contribution >= 0.6 is 0 Å². The Morgan fingerprint density at radius 2 is 1.62 bits per heavy atom. The molecule has 116 valence electrons. The molecule has 1 spiro atoms. The van der Waals surface area contributed by atoms with Gasteiger partial charge in [0.15, 0.2) is 0 Å². The van der Waals surface area contributed by atoms with Gasteiger partial charge in [0, 0.05) is 6.04 Å². The van der Waals surface area contributed by atoms with Gasteiger partial charge >= 0.3 is 0 Å². The molecular formula is C17H26N2O2. The molecule has 4 rings (SSSR count). The van der Waals surface area contributed by atoms with Crippen LogP contribution in [0, 0.1) is 11.8 Å². The molecule has 3 saturated carbocycles. The topological polar surface area (TPSA) is 49.4 Å². The van der Waals surface area contributed by atoms with E-state index >= 15 is 0 Å². The van der Waals surface area contributed by atoms with Crippen LogP contribution in [0.15, 0.2) is 0 Å². The SMILES string of the molecule is CC1C(=O)NC2(CCCCC2)C(=O)N1C(C1CC1)C1CC1. The fourth-order valence-electron chi connectivity index (χ4n) is 4.55. The van der Waals surface area contributed by atoms with Crippen molar-refractivity contribution in [2.45, 2.75) is 82.3 Å². The molecule has 0 bridgehead atoms. The maximum atomic E-state index is 13.3. The molecular weight excluding hydrogens is 264 g/mol. The van der Waals surface area contributed by atoms with Gasteiger partial charge < -0.3 is 10.2 Å². The van der Waals surface area contributed by atoms with Crippen molar-refractivity contribution in [3.05, 3.63) is 0 Å². The van der Waals surface area contributed by atoms with Gasteiger partial charge in [0.2, 0.25) is 11.8 Å². The van der Waals surface area contributed by atoms with Gasteiger partial charge in [0.1, 0.15) is 11.6 Å². The molecule has 4 fully saturated rings. The van der Waals surface area contributed by atoms with Gasteiger partial charge in [0.25, 0.3) is 0 Å². The Labute approximate surface area is 126 Å². The van der Waals surface area contributed by atoms with Gasteiger partial charge in [-0.05, 0) is 57.3 Å². The Morgan fingerprint density at radius 3 is 2.14 bits per heavy atom. The molecule has 4 nitrogen and oxygen atoms in total. The minimum absolute atomic E-state index is 0.0720. The van der Waals surface area contributed by atoms with E-state index in [1.165, 1.54) is 32.1 Å². The lowest BCUT2D eigenvalue weighted by Crippen LogP contribution is -2.72. The fourth-order valence-corrected chi connectivity index (χ4v) is 4.55. The first-order valence-electron chi connectivity index (χ1n) is 8.77. The van der Waals surface area contributed by atoms with Crippen LogP contribution in [-0.2, 0) is 9.59 Å². The van der Waals surface area contributed by atoms with Crippen LogP contribution in [0.5, 0.6) is 0 Å². The molecule has 1 unspecified atom stereocenters. The molecule has 1 N–H and O–H groups in total. The summed E-state index contributed by atoms with van der Waals surface area (Å²) in [4.78, 5) is 27.8. The Bertz CT molecular complexity index is 449. The highest BCUT2D eigenvalue weighted by molar-refractivity contribution is 6.00. The lowest BCUT2D eigenvalue weighted by molar-refractivity contribution is -0.160. The summed E-state index contributed by atoms with van der Waals surface area (Å²) >= 11 is 0. The van der Waals surface area contributed by atoms with Crippen molar-refractivity contribution >= 4 is 11.8 Å². The third kappa shape index (κ3) is 2.18. The molecule has 0 aromatic carbocycles. The lowest BCUT2D eigenvalue weighted by Gasteiger charge is -2.49. The Hall–Kier alpha value is -1.06. The van der Waals surface area contributed by atoms with Crippen molar-refractivity contribution in [3.8, 4) is 0 Å². The number of nitrogens with one attached hydrogen (secondary N) is 1. The Balaban J connectivity index is 1.66. The molecule has 0 aromatic heterocycles. The Morgan fingerprint density at radius 1 is 1.05 bits per heavy atom. The number of carbonyl (C=O) groups is 2. The van der Waals surface area contributed by atoms with Crippen LogP contribution in [0.4, 0.5) is 0 Å². The summed E-state index contributed by atoms with van der Waals surface area (Å²) in [6.45, 7) is 1.92. The molecule has 0 aromatic rings. The van der Waals surface area contributed by atoms with Crippen LogP contribution in [0.2, 0.25) is 0 Å². The minimum atomic E-state index is -0.566. The third-order valence-electron chi connectivity index (χ3n) is 6.04. The van der Waals surface area contributed by atoms with Crippen molar-refractivity contribution in [1.29, 1.82) is 0 Å². The van der Waals surface area contributed by atoms with Gasteiger partial charge in [-0.2, -0.15) is 0 Å². The summed E-state index contributed by atoms with van der Waals surface area (Å²) in [6, 6.07) is 0.0635. The first-order chi connectivity index (χ1) is 10.1. The highest BCUT2D eigenvalue weighted by Gasteiger charge is 2.56. The summed E-state index contributed by atoms with van der Waals surface area (Å²) in [5.74, 6) is 1.63. The second-order valence-electron chi connectivity index (χ2n) is 7.69. The first kappa shape index (κ1) is 13.6. The highest BCUT2D eigenvalue weighted by Crippen LogP contribution is 2.49. The normalized spacial score (nSPS) is 32.7. The number of piperazine rings is 1. The number of hydrogen-bond donors (Lipinski definition) is 1. The van der Waals surface area contributed by atoms with E-state index in [0.717, 1.165) is 25.7 Å². The van der Waals surface area contributed by atoms with Crippen LogP contribution in [0.25, 0.3) is 0 Å². The predicted octanol–water partition coefficient (Wildman–Crippen LogP) is 2.22. The standard InChI is InChI=1S/C17H26N2O2/c1-11-15(20)18-17(9-3-2-4-10-17)16(21)19(11)14(12-5-6-12)13-7-8-13/h11-14H,2-10H2,1H3,(H,18,20). The number of rotatable bonds is 3. The van der Waals surface area contributed by atoms with E-state index in [0.29, 0.717) is 17.9 Å². The molecule has 1 atom stereocenters. The molecule has 2 amide bonds. The van der Waals surface area contributed by atoms with Gasteiger partial charge in [-0.25, -0.2) is 0 Å². The quantitative estimate of drug-likeness (QED) is 0.866. The first-order valence-corrected chi connectivity index (χ1v) is 8.77. The van der Waals surface area contributed by atoms with Crippen molar-refractivity contribution in [1.82, 2.24) is 10.2 Å². The van der Waals surface area contributed by atoms with Crippen molar-refractivity contribution in [2.75, 3.05) is 0 Å². The van der Waals surface area contributed by atoms with E-state index < -0.39 is 5.54 Å². The average molecular weight is 290 g/mol. The molecule has 21 heavy (non-hydrogen) atoms. The third-order valence-corrected chi connectivity index (χ3v) is 6.04. The monoisotopic (exact) mass is 290 g/mol. The molecule has 1 aliphatic heterocycles. The van der Waals surface area contributed by atoms with Crippen LogP contribution < -0.4 is 5.32 Å². The number of hydrogen-bond acceptors (Lipinski definition) is 2. The summed E-state index contributed by atoms with van der Waals surface area (Å²) in [5, 5.41) is 3.10. The van der Waals surface area contributed by atoms with Gasteiger partial charge in [0.05, 0.1) is 0 Å². The zero-order valence-corrected chi connectivity index (χ0v) is 12.9. The van der Waals surface area contributed by atoms with E-state index in [9.17, 15) is 9.59 Å². The molecule has 4 aliphatic rings. The number of amides is 2. The molecule has 4 heteroatoms. The van der Waals surface area contributed by atoms with Crippen molar-refractivity contribution in [3.63, 3.8) is 0 Å². The summed E-state index contributed by atoms with van der Waals surface area (Å²) in [5.41, 5.74) is -0.566. The van der Waals surface area contributed by atoms with Crippen molar-refractivity contribution in [2.24, 2.45) is 11.8 Å². The zero-order chi connectivity index (χ0) is 14.6. The van der Waals surface area contributed by atoms with Crippen LogP contribution in [0.3, 0.4) is 0 Å². The summed E-state index contributed by atoms with van der Waals surface area (Å²) in [7, 11) is 0. The molecule has 1 heterocycles. The van der Waals surface area contributed by atoms with Gasteiger partial charge in [-0.15, -0.1) is 0 Å². The number of carbonyl (C=O) groups excluding carboxylic acids is 2. The van der Waals surface area contributed by atoms with E-state index in [4.69, 9.17) is 0 Å². The van der Waals surface area contributed by atoms with E-state index in [1.807, 2.05) is 11.8 Å². The minimum Gasteiger partial charge on any atom is -0.340 e. The molecule has 3 aliphatic carbocycles. The average Bonchev–Trinajstić information content (AvgIpc) is 3.36. The summed E-state index contributed by atoms with van der Waals surface area (Å²) in [6.07, 6.45) is 9.95. The van der Waals surface area contributed by atoms with Crippen molar-refractivity contribution < 1.29 is 9.59 Å². The predicted molar refractivity (Wildman–Crippen MR) is 79.5 cm³/mol. The van der Waals surface area contributed by atoms with Crippen LogP contribution in [0.1, 0.15) is 64.7 Å². The smallest absolute Gasteiger partial charge is 0.249 e. The van der Waals surface area contributed by atoms with E-state index in [1.54, 1.807) is 0 Å². The summed E-state index contributed by atoms with van der Waals surface area (Å²) < 4.78 is 0. The van der Waals surface area contributed by atoms with E-state index in [2.05, 4.69) is 5.32 Å². The van der Waals surface area contributed by atoms with Gasteiger partial charge in [-0.3, -0.25) is 9.59 Å². The largest absolute Gasteiger partial charge is 0.340 e. The number of nitrogens with zero attached hydrogens (tertiary/aromatic N) is 1. The fraction of sp³-hybridized carbons (Fsp3) is 0.882. The maximum absolute atomic E-state index is 13.3. The zero-order valence-electron chi connectivity index (χ0n) is 12.9. The molecule has 0 radical (unpaired) electrons. The Kier molecular flexibility index (Phi) is 3.05. The highest BCUT2D eigenvalue weighted by atomic mass is 16.2.